The van der Waals surface area contributed by atoms with Gasteiger partial charge in [-0.05, 0) is 43.9 Å². The van der Waals surface area contributed by atoms with Crippen LogP contribution in [0.25, 0.3) is 10.4 Å². The zero-order valence-electron chi connectivity index (χ0n) is 11.2. The molecular weight excluding hydrogens is 254 g/mol. The zero-order valence-corrected chi connectivity index (χ0v) is 12.0. The molecule has 1 atom stereocenters. The predicted octanol–water partition coefficient (Wildman–Crippen LogP) is 3.66. The van der Waals surface area contributed by atoms with Gasteiger partial charge in [-0.1, -0.05) is 6.92 Å². The fourth-order valence-electron chi connectivity index (χ4n) is 2.33. The number of hydrogen-bond acceptors (Lipinski definition) is 4. The minimum Gasteiger partial charge on any atom is -0.309 e. The van der Waals surface area contributed by atoms with Crippen LogP contribution in [0.15, 0.2) is 30.9 Å². The van der Waals surface area contributed by atoms with Crippen LogP contribution in [0.5, 0.6) is 0 Å². The Hall–Kier alpha value is -1.26. The van der Waals surface area contributed by atoms with E-state index in [4.69, 9.17) is 0 Å². The summed E-state index contributed by atoms with van der Waals surface area (Å²) < 4.78 is 0. The molecule has 2 aromatic rings. The topological polar surface area (TPSA) is 37.8 Å². The van der Waals surface area contributed by atoms with Crippen LogP contribution in [0, 0.1) is 5.92 Å². The Bertz CT molecular complexity index is 519. The third-order valence-corrected chi connectivity index (χ3v) is 4.70. The molecule has 1 aliphatic rings. The fourth-order valence-corrected chi connectivity index (χ4v) is 3.48. The maximum atomic E-state index is 4.09. The molecular formula is C15H19N3S. The van der Waals surface area contributed by atoms with Gasteiger partial charge in [-0.2, -0.15) is 0 Å². The van der Waals surface area contributed by atoms with Crippen LogP contribution < -0.4 is 5.32 Å². The van der Waals surface area contributed by atoms with Crippen molar-refractivity contribution in [3.8, 4) is 10.4 Å². The first-order chi connectivity index (χ1) is 9.38. The number of nitrogens with zero attached hydrogens (tertiary/aromatic N) is 2. The van der Waals surface area contributed by atoms with Crippen molar-refractivity contribution in [3.63, 3.8) is 0 Å². The third-order valence-electron chi connectivity index (χ3n) is 3.49. The van der Waals surface area contributed by atoms with E-state index >= 15 is 0 Å². The summed E-state index contributed by atoms with van der Waals surface area (Å²) in [7, 11) is 0. The van der Waals surface area contributed by atoms with Crippen LogP contribution in [-0.2, 0) is 0 Å². The summed E-state index contributed by atoms with van der Waals surface area (Å²) in [6.45, 7) is 3.32. The summed E-state index contributed by atoms with van der Waals surface area (Å²) in [4.78, 5) is 10.9. The third kappa shape index (κ3) is 3.01. The van der Waals surface area contributed by atoms with Gasteiger partial charge >= 0.3 is 0 Å². The quantitative estimate of drug-likeness (QED) is 0.873. The van der Waals surface area contributed by atoms with Crippen molar-refractivity contribution in [1.82, 2.24) is 15.3 Å². The molecule has 0 amide bonds. The first kappa shape index (κ1) is 12.8. The fraction of sp³-hybridized carbons (Fsp3) is 0.467. The molecule has 3 nitrogen and oxygen atoms in total. The smallest absolute Gasteiger partial charge is 0.115 e. The molecule has 1 fully saturated rings. The van der Waals surface area contributed by atoms with Crippen LogP contribution >= 0.6 is 11.3 Å². The summed E-state index contributed by atoms with van der Waals surface area (Å²) in [6.07, 6.45) is 9.26. The highest BCUT2D eigenvalue weighted by molar-refractivity contribution is 7.15. The minimum absolute atomic E-state index is 0.545. The predicted molar refractivity (Wildman–Crippen MR) is 79.1 cm³/mol. The lowest BCUT2D eigenvalue weighted by Gasteiger charge is -2.16. The Labute approximate surface area is 118 Å². The molecule has 100 valence electrons. The summed E-state index contributed by atoms with van der Waals surface area (Å²) in [5.41, 5.74) is 1.11. The van der Waals surface area contributed by atoms with Crippen molar-refractivity contribution in [2.45, 2.75) is 32.2 Å². The van der Waals surface area contributed by atoms with E-state index in [2.05, 4.69) is 34.3 Å². The first-order valence-corrected chi connectivity index (χ1v) is 7.78. The Morgan fingerprint density at radius 3 is 2.79 bits per heavy atom. The van der Waals surface area contributed by atoms with Crippen molar-refractivity contribution in [2.24, 2.45) is 5.92 Å². The zero-order chi connectivity index (χ0) is 13.1. The van der Waals surface area contributed by atoms with Gasteiger partial charge in [0.05, 0.1) is 0 Å². The van der Waals surface area contributed by atoms with E-state index in [1.165, 1.54) is 29.0 Å². The van der Waals surface area contributed by atoms with Crippen LogP contribution in [0.1, 0.15) is 37.1 Å². The maximum Gasteiger partial charge on any atom is 0.115 e. The summed E-state index contributed by atoms with van der Waals surface area (Å²) >= 11 is 1.87. The largest absolute Gasteiger partial charge is 0.309 e. The molecule has 0 bridgehead atoms. The summed E-state index contributed by atoms with van der Waals surface area (Å²) in [5, 5.41) is 3.69. The van der Waals surface area contributed by atoms with E-state index in [0.29, 0.717) is 6.04 Å². The van der Waals surface area contributed by atoms with Gasteiger partial charge in [0.1, 0.15) is 6.33 Å². The summed E-state index contributed by atoms with van der Waals surface area (Å²) in [5.74, 6) is 0.838. The highest BCUT2D eigenvalue weighted by atomic mass is 32.1. The molecule has 1 unspecified atom stereocenters. The molecule has 0 aromatic carbocycles. The van der Waals surface area contributed by atoms with E-state index in [1.54, 1.807) is 6.33 Å². The average molecular weight is 273 g/mol. The summed E-state index contributed by atoms with van der Waals surface area (Å²) in [6, 6.07) is 5.00. The second-order valence-electron chi connectivity index (χ2n) is 5.10. The molecule has 0 radical (unpaired) electrons. The van der Waals surface area contributed by atoms with Gasteiger partial charge in [-0.15, -0.1) is 11.3 Å². The van der Waals surface area contributed by atoms with E-state index in [1.807, 2.05) is 23.7 Å². The Kier molecular flexibility index (Phi) is 3.89. The number of hydrogen-bond donors (Lipinski definition) is 1. The molecule has 4 heteroatoms. The first-order valence-electron chi connectivity index (χ1n) is 6.97. The van der Waals surface area contributed by atoms with Gasteiger partial charge in [-0.25, -0.2) is 9.97 Å². The molecule has 1 saturated carbocycles. The monoisotopic (exact) mass is 273 g/mol. The molecule has 3 rings (SSSR count). The normalized spacial score (nSPS) is 16.5. The molecule has 1 N–H and O–H groups in total. The van der Waals surface area contributed by atoms with Gasteiger partial charge in [0.25, 0.3) is 0 Å². The maximum absolute atomic E-state index is 4.09. The molecule has 0 spiro atoms. The number of nitrogens with one attached hydrogen (secondary N) is 1. The molecule has 2 heterocycles. The molecule has 0 saturated heterocycles. The number of rotatable bonds is 6. The molecule has 19 heavy (non-hydrogen) atoms. The van der Waals surface area contributed by atoms with Crippen molar-refractivity contribution in [1.29, 1.82) is 0 Å². The van der Waals surface area contributed by atoms with Gasteiger partial charge < -0.3 is 5.32 Å². The van der Waals surface area contributed by atoms with Gasteiger partial charge in [0.2, 0.25) is 0 Å². The van der Waals surface area contributed by atoms with E-state index in [9.17, 15) is 0 Å². The lowest BCUT2D eigenvalue weighted by molar-refractivity contribution is 0.488. The van der Waals surface area contributed by atoms with Crippen LogP contribution in [0.2, 0.25) is 0 Å². The van der Waals surface area contributed by atoms with Gasteiger partial charge in [0.15, 0.2) is 0 Å². The lowest BCUT2D eigenvalue weighted by Crippen LogP contribution is -2.22. The lowest BCUT2D eigenvalue weighted by atomic mass is 10.1. The molecule has 0 aliphatic heterocycles. The van der Waals surface area contributed by atoms with E-state index in [-0.39, 0.29) is 0 Å². The SMILES string of the molecule is CCCNC(c1ccc(-c2cncnc2)s1)C1CC1. The van der Waals surface area contributed by atoms with Gasteiger partial charge in [-0.3, -0.25) is 0 Å². The van der Waals surface area contributed by atoms with E-state index < -0.39 is 0 Å². The minimum atomic E-state index is 0.545. The standard InChI is InChI=1S/C15H19N3S/c1-2-7-18-15(11-3-4-11)14-6-5-13(19-14)12-8-16-10-17-9-12/h5-6,8-11,15,18H,2-4,7H2,1H3. The van der Waals surface area contributed by atoms with Crippen molar-refractivity contribution in [3.05, 3.63) is 35.7 Å². The van der Waals surface area contributed by atoms with Crippen molar-refractivity contribution >= 4 is 11.3 Å². The Morgan fingerprint density at radius 1 is 1.32 bits per heavy atom. The number of aromatic nitrogens is 2. The second kappa shape index (κ2) is 5.80. The van der Waals surface area contributed by atoms with Crippen molar-refractivity contribution < 1.29 is 0 Å². The van der Waals surface area contributed by atoms with Gasteiger partial charge in [0, 0.05) is 33.8 Å². The molecule has 2 aromatic heterocycles. The van der Waals surface area contributed by atoms with Crippen LogP contribution in [0.3, 0.4) is 0 Å². The highest BCUT2D eigenvalue weighted by Gasteiger charge is 2.32. The van der Waals surface area contributed by atoms with Crippen molar-refractivity contribution in [2.75, 3.05) is 6.54 Å². The Morgan fingerprint density at radius 2 is 2.11 bits per heavy atom. The van der Waals surface area contributed by atoms with Crippen LogP contribution in [0.4, 0.5) is 0 Å². The Balaban J connectivity index is 1.79. The highest BCUT2D eigenvalue weighted by Crippen LogP contribution is 2.44. The number of thiophene rings is 1. The molecule has 1 aliphatic carbocycles. The van der Waals surface area contributed by atoms with Crippen LogP contribution in [-0.4, -0.2) is 16.5 Å². The average Bonchev–Trinajstić information content (AvgIpc) is 3.17. The van der Waals surface area contributed by atoms with E-state index in [0.717, 1.165) is 18.0 Å². The second-order valence-corrected chi connectivity index (χ2v) is 6.21.